The minimum atomic E-state index is 0.553. The number of rotatable bonds is 8. The number of guanidine groups is 1. The van der Waals surface area contributed by atoms with E-state index >= 15 is 0 Å². The Morgan fingerprint density at radius 3 is 2.72 bits per heavy atom. The van der Waals surface area contributed by atoms with Gasteiger partial charge in [-0.1, -0.05) is 31.4 Å². The second-order valence-corrected chi connectivity index (χ2v) is 8.23. The second kappa shape index (κ2) is 12.0. The minimum absolute atomic E-state index is 0.553. The van der Waals surface area contributed by atoms with Gasteiger partial charge in [0.15, 0.2) is 5.96 Å². The maximum Gasteiger partial charge on any atom is 0.191 e. The molecule has 0 bridgehead atoms. The number of hydrogen-bond acceptors (Lipinski definition) is 4. The fourth-order valence-electron chi connectivity index (χ4n) is 4.18. The molecule has 0 aromatic heterocycles. The van der Waals surface area contributed by atoms with Gasteiger partial charge in [-0.15, -0.1) is 0 Å². The van der Waals surface area contributed by atoms with Gasteiger partial charge in [-0.05, 0) is 50.4 Å². The van der Waals surface area contributed by atoms with Gasteiger partial charge >= 0.3 is 0 Å². The van der Waals surface area contributed by atoms with Crippen molar-refractivity contribution < 1.29 is 9.47 Å². The highest BCUT2D eigenvalue weighted by Gasteiger charge is 2.18. The van der Waals surface area contributed by atoms with Crippen molar-refractivity contribution in [3.63, 3.8) is 0 Å². The first-order chi connectivity index (χ1) is 14.2. The molecule has 0 atom stereocenters. The van der Waals surface area contributed by atoms with Gasteiger partial charge in [-0.2, -0.15) is 0 Å². The molecule has 2 N–H and O–H groups in total. The molecule has 1 aromatic rings. The highest BCUT2D eigenvalue weighted by atomic mass is 16.5. The number of benzene rings is 1. The number of hydrogen-bond donors (Lipinski definition) is 2. The Morgan fingerprint density at radius 1 is 1.17 bits per heavy atom. The van der Waals surface area contributed by atoms with Crippen LogP contribution in [0.4, 0.5) is 0 Å². The Morgan fingerprint density at radius 2 is 1.97 bits per heavy atom. The fraction of sp³-hybridized carbons (Fsp3) is 0.696. The Bertz CT molecular complexity index is 625. The van der Waals surface area contributed by atoms with Gasteiger partial charge in [0.05, 0.1) is 0 Å². The molecular formula is C23H38N4O2. The highest BCUT2D eigenvalue weighted by Crippen LogP contribution is 2.18. The molecule has 0 radical (unpaired) electrons. The van der Waals surface area contributed by atoms with Gasteiger partial charge in [0, 0.05) is 45.4 Å². The fourth-order valence-corrected chi connectivity index (χ4v) is 4.18. The summed E-state index contributed by atoms with van der Waals surface area (Å²) in [4.78, 5) is 6.78. The maximum absolute atomic E-state index is 6.02. The van der Waals surface area contributed by atoms with E-state index in [1.165, 1.54) is 37.7 Å². The Kier molecular flexibility index (Phi) is 9.09. The van der Waals surface area contributed by atoms with Crippen molar-refractivity contribution in [2.24, 2.45) is 4.99 Å². The van der Waals surface area contributed by atoms with Crippen molar-refractivity contribution >= 4 is 5.96 Å². The summed E-state index contributed by atoms with van der Waals surface area (Å²) in [7, 11) is 4.03. The smallest absolute Gasteiger partial charge is 0.191 e. The third-order valence-electron chi connectivity index (χ3n) is 6.05. The maximum atomic E-state index is 6.02. The molecule has 1 aliphatic heterocycles. The molecule has 0 unspecified atom stereocenters. The van der Waals surface area contributed by atoms with E-state index < -0.39 is 0 Å². The summed E-state index contributed by atoms with van der Waals surface area (Å²) in [5.41, 5.74) is 1.20. The van der Waals surface area contributed by atoms with Crippen molar-refractivity contribution in [2.45, 2.75) is 63.6 Å². The Labute approximate surface area is 176 Å². The van der Waals surface area contributed by atoms with E-state index in [-0.39, 0.29) is 0 Å². The molecule has 0 spiro atoms. The van der Waals surface area contributed by atoms with Crippen LogP contribution < -0.4 is 15.4 Å². The molecule has 3 rings (SSSR count). The third-order valence-corrected chi connectivity index (χ3v) is 6.05. The van der Waals surface area contributed by atoms with Crippen LogP contribution in [0.25, 0.3) is 0 Å². The van der Waals surface area contributed by atoms with E-state index in [1.807, 2.05) is 13.1 Å². The summed E-state index contributed by atoms with van der Waals surface area (Å²) in [6.45, 7) is 4.14. The third kappa shape index (κ3) is 7.52. The molecule has 1 saturated carbocycles. The highest BCUT2D eigenvalue weighted by molar-refractivity contribution is 5.79. The van der Waals surface area contributed by atoms with Crippen LogP contribution in [0, 0.1) is 0 Å². The lowest BCUT2D eigenvalue weighted by Gasteiger charge is -2.31. The predicted molar refractivity (Wildman–Crippen MR) is 119 cm³/mol. The molecule has 29 heavy (non-hydrogen) atoms. The van der Waals surface area contributed by atoms with Crippen LogP contribution in [0.1, 0.15) is 50.5 Å². The molecule has 2 aliphatic rings. The summed E-state index contributed by atoms with van der Waals surface area (Å²) in [5.74, 6) is 1.82. The first-order valence-electron chi connectivity index (χ1n) is 11.2. The molecule has 2 fully saturated rings. The van der Waals surface area contributed by atoms with Crippen LogP contribution >= 0.6 is 0 Å². The van der Waals surface area contributed by atoms with Crippen LogP contribution in [0.5, 0.6) is 5.75 Å². The number of likely N-dealkylation sites (N-methyl/N-ethyl adjacent to an activating group) is 1. The van der Waals surface area contributed by atoms with E-state index in [0.29, 0.717) is 18.7 Å². The SMILES string of the molecule is CN=C(NCc1cccc(OCCN(C)C2CCOCC2)c1)NC1CCCCC1. The van der Waals surface area contributed by atoms with Crippen LogP contribution in [-0.2, 0) is 11.3 Å². The molecule has 0 amide bonds. The quantitative estimate of drug-likeness (QED) is 0.517. The Hall–Kier alpha value is -1.79. The lowest BCUT2D eigenvalue weighted by molar-refractivity contribution is 0.0392. The van der Waals surface area contributed by atoms with Crippen LogP contribution in [0.15, 0.2) is 29.3 Å². The lowest BCUT2D eigenvalue weighted by atomic mass is 9.96. The van der Waals surface area contributed by atoms with Gasteiger partial charge in [0.25, 0.3) is 0 Å². The molecule has 1 saturated heterocycles. The van der Waals surface area contributed by atoms with Crippen molar-refractivity contribution in [1.29, 1.82) is 0 Å². The summed E-state index contributed by atoms with van der Waals surface area (Å²) >= 11 is 0. The number of ether oxygens (including phenoxy) is 2. The van der Waals surface area contributed by atoms with Gasteiger partial charge in [-0.25, -0.2) is 0 Å². The first-order valence-corrected chi connectivity index (χ1v) is 11.2. The molecule has 162 valence electrons. The van der Waals surface area contributed by atoms with Crippen LogP contribution in [0.3, 0.4) is 0 Å². The average Bonchev–Trinajstić information content (AvgIpc) is 2.78. The van der Waals surface area contributed by atoms with Crippen molar-refractivity contribution in [3.05, 3.63) is 29.8 Å². The van der Waals surface area contributed by atoms with Crippen molar-refractivity contribution in [3.8, 4) is 5.75 Å². The molecule has 1 aliphatic carbocycles. The minimum Gasteiger partial charge on any atom is -0.492 e. The summed E-state index contributed by atoms with van der Waals surface area (Å²) in [6.07, 6.45) is 8.72. The zero-order valence-electron chi connectivity index (χ0n) is 18.2. The van der Waals surface area contributed by atoms with Gasteiger partial charge in [0.2, 0.25) is 0 Å². The summed E-state index contributed by atoms with van der Waals surface area (Å²) in [5, 5.41) is 7.00. The number of nitrogens with zero attached hydrogens (tertiary/aromatic N) is 2. The largest absolute Gasteiger partial charge is 0.492 e. The molecule has 6 nitrogen and oxygen atoms in total. The lowest BCUT2D eigenvalue weighted by Crippen LogP contribution is -2.43. The predicted octanol–water partition coefficient (Wildman–Crippen LogP) is 3.17. The zero-order valence-corrected chi connectivity index (χ0v) is 18.2. The van der Waals surface area contributed by atoms with Crippen molar-refractivity contribution in [2.75, 3.05) is 40.5 Å². The normalized spacial score (nSPS) is 19.3. The standard InChI is InChI=1S/C23H38N4O2/c1-24-23(26-20-8-4-3-5-9-20)25-18-19-7-6-10-22(17-19)29-16-13-27(2)21-11-14-28-15-12-21/h6-7,10,17,20-21H,3-5,8-9,11-16,18H2,1-2H3,(H2,24,25,26). The van der Waals surface area contributed by atoms with Gasteiger partial charge < -0.3 is 20.1 Å². The van der Waals surface area contributed by atoms with E-state index in [1.54, 1.807) is 0 Å². The molecular weight excluding hydrogens is 364 g/mol. The van der Waals surface area contributed by atoms with E-state index in [2.05, 4.69) is 45.8 Å². The molecule has 1 aromatic carbocycles. The van der Waals surface area contributed by atoms with Crippen LogP contribution in [-0.4, -0.2) is 63.4 Å². The van der Waals surface area contributed by atoms with E-state index in [4.69, 9.17) is 9.47 Å². The van der Waals surface area contributed by atoms with Gasteiger partial charge in [-0.3, -0.25) is 9.89 Å². The zero-order chi connectivity index (χ0) is 20.3. The first kappa shape index (κ1) is 21.9. The van der Waals surface area contributed by atoms with Crippen LogP contribution in [0.2, 0.25) is 0 Å². The molecule has 1 heterocycles. The number of aliphatic imine (C=N–C) groups is 1. The summed E-state index contributed by atoms with van der Waals surface area (Å²) < 4.78 is 11.5. The second-order valence-electron chi connectivity index (χ2n) is 8.23. The van der Waals surface area contributed by atoms with Crippen molar-refractivity contribution in [1.82, 2.24) is 15.5 Å². The number of nitrogens with one attached hydrogen (secondary N) is 2. The Balaban J connectivity index is 1.40. The van der Waals surface area contributed by atoms with E-state index in [0.717, 1.165) is 50.9 Å². The molecule has 6 heteroatoms. The van der Waals surface area contributed by atoms with Gasteiger partial charge in [0.1, 0.15) is 12.4 Å². The summed E-state index contributed by atoms with van der Waals surface area (Å²) in [6, 6.07) is 9.51. The average molecular weight is 403 g/mol. The monoisotopic (exact) mass is 402 g/mol. The van der Waals surface area contributed by atoms with E-state index in [9.17, 15) is 0 Å². The topological polar surface area (TPSA) is 58.1 Å².